The highest BCUT2D eigenvalue weighted by Crippen LogP contribution is 2.25. The molecule has 0 aromatic heterocycles. The van der Waals surface area contributed by atoms with Gasteiger partial charge in [0.2, 0.25) is 0 Å². The van der Waals surface area contributed by atoms with Crippen molar-refractivity contribution >= 4 is 0 Å². The van der Waals surface area contributed by atoms with Gasteiger partial charge in [-0.2, -0.15) is 0 Å². The number of rotatable bonds is 8. The molecule has 0 spiro atoms. The molecule has 3 rings (SSSR count). The van der Waals surface area contributed by atoms with Gasteiger partial charge in [-0.1, -0.05) is 36.8 Å². The number of nitrogens with one attached hydrogen (secondary N) is 1. The Hall–Kier alpha value is -0.940. The van der Waals surface area contributed by atoms with Crippen molar-refractivity contribution in [3.8, 4) is 0 Å². The fourth-order valence-corrected chi connectivity index (χ4v) is 3.69. The Morgan fingerprint density at radius 3 is 2.91 bits per heavy atom. The monoisotopic (exact) mass is 317 g/mol. The molecular weight excluding hydrogens is 286 g/mol. The van der Waals surface area contributed by atoms with E-state index < -0.39 is 0 Å². The van der Waals surface area contributed by atoms with E-state index in [1.807, 2.05) is 0 Å². The van der Waals surface area contributed by atoms with Gasteiger partial charge in [-0.15, -0.1) is 0 Å². The normalized spacial score (nSPS) is 25.0. The molecule has 0 amide bonds. The Kier molecular flexibility index (Phi) is 6.46. The predicted octanol–water partition coefficient (Wildman–Crippen LogP) is 3.00. The summed E-state index contributed by atoms with van der Waals surface area (Å²) < 4.78 is 6.02. The lowest BCUT2D eigenvalue weighted by molar-refractivity contribution is 0.0126. The van der Waals surface area contributed by atoms with Crippen molar-refractivity contribution in [3.05, 3.63) is 35.9 Å². The van der Waals surface area contributed by atoms with Gasteiger partial charge in [-0.25, -0.2) is 10.4 Å². The van der Waals surface area contributed by atoms with Crippen LogP contribution in [-0.2, 0) is 11.3 Å². The molecule has 0 saturated carbocycles. The first kappa shape index (κ1) is 16.9. The number of hydrazine groups is 1. The van der Waals surface area contributed by atoms with Crippen molar-refractivity contribution in [1.82, 2.24) is 15.3 Å². The molecule has 128 valence electrons. The Balaban J connectivity index is 1.24. The topological polar surface area (TPSA) is 27.7 Å². The minimum absolute atomic E-state index is 0.250. The summed E-state index contributed by atoms with van der Waals surface area (Å²) in [4.78, 5) is 2.39. The van der Waals surface area contributed by atoms with Crippen LogP contribution in [0.5, 0.6) is 0 Å². The van der Waals surface area contributed by atoms with Crippen LogP contribution in [0.2, 0.25) is 0 Å². The third-order valence-electron chi connectivity index (χ3n) is 4.97. The quantitative estimate of drug-likeness (QED) is 0.746. The van der Waals surface area contributed by atoms with Gasteiger partial charge in [-0.05, 0) is 44.8 Å². The third-order valence-corrected chi connectivity index (χ3v) is 4.97. The van der Waals surface area contributed by atoms with Gasteiger partial charge in [0, 0.05) is 32.2 Å². The van der Waals surface area contributed by atoms with Gasteiger partial charge >= 0.3 is 0 Å². The van der Waals surface area contributed by atoms with Crippen molar-refractivity contribution < 1.29 is 4.74 Å². The lowest BCUT2D eigenvalue weighted by Gasteiger charge is -2.28. The maximum atomic E-state index is 6.02. The van der Waals surface area contributed by atoms with Gasteiger partial charge < -0.3 is 9.64 Å². The molecule has 23 heavy (non-hydrogen) atoms. The number of nitrogens with zero attached hydrogens (tertiary/aromatic N) is 2. The summed E-state index contributed by atoms with van der Waals surface area (Å²) >= 11 is 0. The van der Waals surface area contributed by atoms with Crippen LogP contribution in [0.25, 0.3) is 0 Å². The molecule has 2 unspecified atom stereocenters. The van der Waals surface area contributed by atoms with E-state index >= 15 is 0 Å². The number of benzene rings is 1. The molecule has 2 aliphatic rings. The minimum Gasteiger partial charge on any atom is -0.362 e. The van der Waals surface area contributed by atoms with E-state index in [0.29, 0.717) is 6.04 Å². The molecule has 2 heterocycles. The van der Waals surface area contributed by atoms with Crippen LogP contribution < -0.4 is 5.43 Å². The zero-order valence-corrected chi connectivity index (χ0v) is 14.4. The third kappa shape index (κ3) is 5.28. The molecular formula is C19H31N3O. The fourth-order valence-electron chi connectivity index (χ4n) is 3.69. The van der Waals surface area contributed by atoms with E-state index in [2.05, 4.69) is 52.7 Å². The maximum Gasteiger partial charge on any atom is 0.122 e. The van der Waals surface area contributed by atoms with Crippen molar-refractivity contribution in [2.24, 2.45) is 0 Å². The molecule has 2 fully saturated rings. The molecule has 0 aliphatic carbocycles. The Morgan fingerprint density at radius 2 is 2.09 bits per heavy atom. The van der Waals surface area contributed by atoms with Gasteiger partial charge in [0.25, 0.3) is 0 Å². The molecule has 1 aromatic carbocycles. The zero-order valence-electron chi connectivity index (χ0n) is 14.4. The smallest absolute Gasteiger partial charge is 0.122 e. The maximum absolute atomic E-state index is 6.02. The van der Waals surface area contributed by atoms with Crippen LogP contribution >= 0.6 is 0 Å². The first-order valence-corrected chi connectivity index (χ1v) is 9.18. The number of hydrogen-bond donors (Lipinski definition) is 1. The second-order valence-corrected chi connectivity index (χ2v) is 7.00. The highest BCUT2D eigenvalue weighted by Gasteiger charge is 2.33. The second-order valence-electron chi connectivity index (χ2n) is 7.00. The standard InChI is InChI=1S/C19H31N3O/c1-21(16-17-9-3-2-4-10-17)12-7-8-14-23-19-15-18-11-5-6-13-22(18)20-19/h2-4,9-10,18-20H,5-8,11-16H2,1H3. The molecule has 1 N–H and O–H groups in total. The summed E-state index contributed by atoms with van der Waals surface area (Å²) in [5.41, 5.74) is 4.91. The number of ether oxygens (including phenoxy) is 1. The average Bonchev–Trinajstić information content (AvgIpc) is 2.98. The van der Waals surface area contributed by atoms with Crippen LogP contribution in [0.1, 0.15) is 44.1 Å². The Morgan fingerprint density at radius 1 is 1.22 bits per heavy atom. The number of piperidine rings is 1. The van der Waals surface area contributed by atoms with Crippen LogP contribution in [0.3, 0.4) is 0 Å². The molecule has 0 bridgehead atoms. The molecule has 4 heteroatoms. The summed E-state index contributed by atoms with van der Waals surface area (Å²) in [6, 6.07) is 11.4. The Bertz CT molecular complexity index is 439. The molecule has 0 radical (unpaired) electrons. The molecule has 2 aliphatic heterocycles. The van der Waals surface area contributed by atoms with E-state index in [9.17, 15) is 0 Å². The lowest BCUT2D eigenvalue weighted by Crippen LogP contribution is -2.42. The molecule has 2 atom stereocenters. The summed E-state index contributed by atoms with van der Waals surface area (Å²) in [7, 11) is 2.20. The Labute approximate surface area is 140 Å². The van der Waals surface area contributed by atoms with Gasteiger partial charge in [0.05, 0.1) is 0 Å². The van der Waals surface area contributed by atoms with Crippen molar-refractivity contribution in [1.29, 1.82) is 0 Å². The number of fused-ring (bicyclic) bond motifs is 1. The highest BCUT2D eigenvalue weighted by molar-refractivity contribution is 5.14. The van der Waals surface area contributed by atoms with E-state index in [0.717, 1.165) is 32.5 Å². The lowest BCUT2D eigenvalue weighted by atomic mass is 10.0. The van der Waals surface area contributed by atoms with E-state index in [-0.39, 0.29) is 6.23 Å². The van der Waals surface area contributed by atoms with Crippen LogP contribution in [0, 0.1) is 0 Å². The van der Waals surface area contributed by atoms with Crippen LogP contribution in [0.4, 0.5) is 0 Å². The minimum atomic E-state index is 0.250. The largest absolute Gasteiger partial charge is 0.362 e. The van der Waals surface area contributed by atoms with Gasteiger partial charge in [-0.3, -0.25) is 0 Å². The first-order chi connectivity index (χ1) is 11.3. The van der Waals surface area contributed by atoms with E-state index in [1.54, 1.807) is 0 Å². The van der Waals surface area contributed by atoms with Gasteiger partial charge in [0.15, 0.2) is 0 Å². The van der Waals surface area contributed by atoms with Crippen LogP contribution in [-0.4, -0.2) is 48.9 Å². The van der Waals surface area contributed by atoms with Gasteiger partial charge in [0.1, 0.15) is 6.23 Å². The molecule has 2 saturated heterocycles. The van der Waals surface area contributed by atoms with Crippen LogP contribution in [0.15, 0.2) is 30.3 Å². The summed E-state index contributed by atoms with van der Waals surface area (Å²) in [6.07, 6.45) is 7.78. The van der Waals surface area contributed by atoms with E-state index in [1.165, 1.54) is 37.8 Å². The first-order valence-electron chi connectivity index (χ1n) is 9.18. The van der Waals surface area contributed by atoms with E-state index in [4.69, 9.17) is 4.74 Å². The average molecular weight is 317 g/mol. The molecule has 1 aromatic rings. The van der Waals surface area contributed by atoms with Crippen molar-refractivity contribution in [2.75, 3.05) is 26.7 Å². The molecule has 4 nitrogen and oxygen atoms in total. The summed E-state index contributed by atoms with van der Waals surface area (Å²) in [6.45, 7) is 4.22. The fraction of sp³-hybridized carbons (Fsp3) is 0.684. The highest BCUT2D eigenvalue weighted by atomic mass is 16.5. The second kappa shape index (κ2) is 8.78. The van der Waals surface area contributed by atoms with Crippen molar-refractivity contribution in [3.63, 3.8) is 0 Å². The summed E-state index contributed by atoms with van der Waals surface area (Å²) in [5, 5.41) is 2.40. The number of hydrogen-bond acceptors (Lipinski definition) is 4. The summed E-state index contributed by atoms with van der Waals surface area (Å²) in [5.74, 6) is 0. The predicted molar refractivity (Wildman–Crippen MR) is 93.8 cm³/mol. The number of unbranched alkanes of at least 4 members (excludes halogenated alkanes) is 1. The SMILES string of the molecule is CN(CCCCOC1CC2CCCCN2N1)Cc1ccccc1. The zero-order chi connectivity index (χ0) is 15.9. The van der Waals surface area contributed by atoms with Crippen molar-refractivity contribution in [2.45, 2.75) is 57.3 Å².